The monoisotopic (exact) mass is 295 g/mol. The van der Waals surface area contributed by atoms with E-state index in [4.69, 9.17) is 0 Å². The molecule has 0 amide bonds. The largest absolute Gasteiger partial charge is 0.313 e. The molecular weight excluding hydrogens is 273 g/mol. The third-order valence-electron chi connectivity index (χ3n) is 1.43. The minimum Gasteiger partial charge on any atom is -0.313 e. The fourth-order valence-corrected chi connectivity index (χ4v) is 1.12. The molecule has 0 aliphatic rings. The molecule has 0 rings (SSSR count). The van der Waals surface area contributed by atoms with E-state index in [2.05, 4.69) is 74.7 Å². The first-order chi connectivity index (χ1) is 5.71. The summed E-state index contributed by atoms with van der Waals surface area (Å²) in [4.78, 5) is 0. The average molecular weight is 295 g/mol. The van der Waals surface area contributed by atoms with Crippen LogP contribution in [-0.4, -0.2) is 16.5 Å². The molecule has 0 atom stereocenters. The summed E-state index contributed by atoms with van der Waals surface area (Å²) in [5, 5.41) is 3.41. The molecule has 0 radical (unpaired) electrons. The highest BCUT2D eigenvalue weighted by Gasteiger charge is 2.08. The van der Waals surface area contributed by atoms with Crippen LogP contribution in [0.4, 0.5) is 0 Å². The normalized spacial score (nSPS) is 14.0. The molecule has 1 nitrogen and oxygen atoms in total. The molecule has 78 valence electrons. The lowest BCUT2D eigenvalue weighted by atomic mass is 9.97. The highest BCUT2D eigenvalue weighted by atomic mass is 127. The van der Waals surface area contributed by atoms with E-state index >= 15 is 0 Å². The van der Waals surface area contributed by atoms with Crippen LogP contribution in [0.3, 0.4) is 0 Å². The molecular formula is C11H22IN. The first kappa shape index (κ1) is 13.4. The molecule has 0 aliphatic heterocycles. The second kappa shape index (κ2) is 5.35. The first-order valence-electron chi connectivity index (χ1n) is 4.78. The van der Waals surface area contributed by atoms with Crippen LogP contribution < -0.4 is 5.32 Å². The second-order valence-electron chi connectivity index (χ2n) is 5.16. The lowest BCUT2D eigenvalue weighted by Gasteiger charge is -2.18. The zero-order valence-electron chi connectivity index (χ0n) is 9.45. The van der Waals surface area contributed by atoms with Crippen molar-refractivity contribution in [1.29, 1.82) is 0 Å². The van der Waals surface area contributed by atoms with Gasteiger partial charge in [-0.15, -0.1) is 0 Å². The van der Waals surface area contributed by atoms with Gasteiger partial charge in [-0.3, -0.25) is 0 Å². The minimum absolute atomic E-state index is 0.279. The molecule has 1 N–H and O–H groups in total. The summed E-state index contributed by atoms with van der Waals surface area (Å²) in [5.74, 6) is 0. The number of alkyl halides is 1. The van der Waals surface area contributed by atoms with Crippen LogP contribution in [0.2, 0.25) is 0 Å². The van der Waals surface area contributed by atoms with Crippen molar-refractivity contribution in [3.63, 3.8) is 0 Å². The van der Waals surface area contributed by atoms with Crippen LogP contribution in [0.5, 0.6) is 0 Å². The molecule has 0 bridgehead atoms. The van der Waals surface area contributed by atoms with Crippen molar-refractivity contribution in [2.24, 2.45) is 5.41 Å². The van der Waals surface area contributed by atoms with Gasteiger partial charge in [-0.1, -0.05) is 55.5 Å². The van der Waals surface area contributed by atoms with Crippen LogP contribution in [0.1, 0.15) is 34.6 Å². The predicted octanol–water partition coefficient (Wildman–Crippen LogP) is 3.39. The lowest BCUT2D eigenvalue weighted by Crippen LogP contribution is -2.27. The third-order valence-corrected chi connectivity index (χ3v) is 1.79. The summed E-state index contributed by atoms with van der Waals surface area (Å²) in [5.41, 5.74) is 0.383. The van der Waals surface area contributed by atoms with Crippen LogP contribution in [0.25, 0.3) is 0 Å². The SMILES string of the molecule is CC(C)(I)/C=C/CNCC(C)(C)C. The fraction of sp³-hybridized carbons (Fsp3) is 0.818. The maximum atomic E-state index is 3.41. The molecule has 0 spiro atoms. The Labute approximate surface area is 96.5 Å². The van der Waals surface area contributed by atoms with E-state index in [0.717, 1.165) is 13.1 Å². The van der Waals surface area contributed by atoms with Gasteiger partial charge in [-0.2, -0.15) is 0 Å². The quantitative estimate of drug-likeness (QED) is 0.363. The Balaban J connectivity index is 3.53. The molecule has 13 heavy (non-hydrogen) atoms. The number of hydrogen-bond acceptors (Lipinski definition) is 1. The van der Waals surface area contributed by atoms with Crippen molar-refractivity contribution in [2.45, 2.75) is 38.0 Å². The molecule has 2 heteroatoms. The highest BCUT2D eigenvalue weighted by Crippen LogP contribution is 2.17. The van der Waals surface area contributed by atoms with Gasteiger partial charge in [0.2, 0.25) is 0 Å². The third kappa shape index (κ3) is 12.4. The Morgan fingerprint density at radius 3 is 2.08 bits per heavy atom. The molecule has 0 fully saturated rings. The van der Waals surface area contributed by atoms with E-state index in [9.17, 15) is 0 Å². The zero-order chi connectivity index (χ0) is 10.5. The fourth-order valence-electron chi connectivity index (χ4n) is 0.870. The summed E-state index contributed by atoms with van der Waals surface area (Å²) >= 11 is 2.43. The van der Waals surface area contributed by atoms with Crippen molar-refractivity contribution in [1.82, 2.24) is 5.32 Å². The van der Waals surface area contributed by atoms with E-state index in [0.29, 0.717) is 5.41 Å². The van der Waals surface area contributed by atoms with Crippen LogP contribution in [0, 0.1) is 5.41 Å². The topological polar surface area (TPSA) is 12.0 Å². The first-order valence-corrected chi connectivity index (χ1v) is 5.86. The second-order valence-corrected chi connectivity index (χ2v) is 7.94. The minimum atomic E-state index is 0.279. The highest BCUT2D eigenvalue weighted by molar-refractivity contribution is 14.1. The maximum Gasteiger partial charge on any atom is 0.0345 e. The smallest absolute Gasteiger partial charge is 0.0345 e. The van der Waals surface area contributed by atoms with Crippen molar-refractivity contribution >= 4 is 22.6 Å². The number of halogens is 1. The van der Waals surface area contributed by atoms with E-state index in [1.807, 2.05) is 0 Å². The summed E-state index contributed by atoms with van der Waals surface area (Å²) in [7, 11) is 0. The Hall–Kier alpha value is 0.430. The van der Waals surface area contributed by atoms with E-state index in [1.54, 1.807) is 0 Å². The van der Waals surface area contributed by atoms with Gasteiger partial charge in [0.05, 0.1) is 0 Å². The molecule has 0 heterocycles. The van der Waals surface area contributed by atoms with Crippen molar-refractivity contribution in [3.05, 3.63) is 12.2 Å². The summed E-state index contributed by atoms with van der Waals surface area (Å²) < 4.78 is 0.279. The van der Waals surface area contributed by atoms with E-state index in [-0.39, 0.29) is 3.42 Å². The van der Waals surface area contributed by atoms with Gasteiger partial charge >= 0.3 is 0 Å². The molecule has 0 saturated heterocycles. The molecule has 0 unspecified atom stereocenters. The summed E-state index contributed by atoms with van der Waals surface area (Å²) in [6.07, 6.45) is 4.45. The lowest BCUT2D eigenvalue weighted by molar-refractivity contribution is 0.388. The van der Waals surface area contributed by atoms with Gasteiger partial charge in [0.25, 0.3) is 0 Å². The zero-order valence-corrected chi connectivity index (χ0v) is 11.6. The van der Waals surface area contributed by atoms with Gasteiger partial charge in [-0.05, 0) is 19.3 Å². The molecule has 0 aliphatic carbocycles. The van der Waals surface area contributed by atoms with Crippen molar-refractivity contribution in [2.75, 3.05) is 13.1 Å². The Morgan fingerprint density at radius 1 is 1.15 bits per heavy atom. The Kier molecular flexibility index (Phi) is 5.52. The average Bonchev–Trinajstić information content (AvgIpc) is 1.81. The Bertz CT molecular complexity index is 160. The van der Waals surface area contributed by atoms with Crippen LogP contribution in [-0.2, 0) is 0 Å². The van der Waals surface area contributed by atoms with E-state index < -0.39 is 0 Å². The van der Waals surface area contributed by atoms with Gasteiger partial charge in [0.15, 0.2) is 0 Å². The van der Waals surface area contributed by atoms with Gasteiger partial charge in [-0.25, -0.2) is 0 Å². The summed E-state index contributed by atoms with van der Waals surface area (Å²) in [6, 6.07) is 0. The molecule has 0 saturated carbocycles. The predicted molar refractivity (Wildman–Crippen MR) is 69.6 cm³/mol. The number of allylic oxidation sites excluding steroid dienone is 1. The van der Waals surface area contributed by atoms with Crippen molar-refractivity contribution in [3.8, 4) is 0 Å². The van der Waals surface area contributed by atoms with Crippen LogP contribution in [0.15, 0.2) is 12.2 Å². The Morgan fingerprint density at radius 2 is 1.69 bits per heavy atom. The number of nitrogens with one attached hydrogen (secondary N) is 1. The van der Waals surface area contributed by atoms with Gasteiger partial charge in [0, 0.05) is 16.5 Å². The summed E-state index contributed by atoms with van der Waals surface area (Å²) in [6.45, 7) is 13.2. The standard InChI is InChI=1S/C11H22IN/c1-10(2,3)9-13-8-6-7-11(4,5)12/h6-7,13H,8-9H2,1-5H3/b7-6+. The molecule has 0 aromatic rings. The van der Waals surface area contributed by atoms with E-state index in [1.165, 1.54) is 0 Å². The van der Waals surface area contributed by atoms with Gasteiger partial charge < -0.3 is 5.32 Å². The maximum absolute atomic E-state index is 3.41. The molecule has 0 aromatic heterocycles. The van der Waals surface area contributed by atoms with Gasteiger partial charge in [0.1, 0.15) is 0 Å². The van der Waals surface area contributed by atoms with Crippen molar-refractivity contribution < 1.29 is 0 Å². The molecule has 0 aromatic carbocycles. The number of hydrogen-bond donors (Lipinski definition) is 1. The number of rotatable bonds is 4. The van der Waals surface area contributed by atoms with Crippen LogP contribution >= 0.6 is 22.6 Å².